The van der Waals surface area contributed by atoms with Crippen molar-refractivity contribution in [1.82, 2.24) is 0 Å². The van der Waals surface area contributed by atoms with Crippen LogP contribution < -0.4 is 5.32 Å². The van der Waals surface area contributed by atoms with Gasteiger partial charge in [-0.2, -0.15) is 0 Å². The molecule has 4 heteroatoms. The molecule has 2 nitrogen and oxygen atoms in total. The maximum Gasteiger partial charge on any atom is 0.234 e. The Labute approximate surface area is 128 Å². The molecule has 2 rings (SSSR count). The molecule has 104 valence electrons. The average Bonchev–Trinajstić information content (AvgIpc) is 2.41. The number of hydrogen-bond acceptors (Lipinski definition) is 2. The number of hydrogen-bond donors (Lipinski definition) is 1. The topological polar surface area (TPSA) is 29.1 Å². The Morgan fingerprint density at radius 3 is 2.60 bits per heavy atom. The first kappa shape index (κ1) is 14.9. The Kier molecular flexibility index (Phi) is 5.10. The van der Waals surface area contributed by atoms with Gasteiger partial charge in [-0.15, -0.1) is 11.8 Å². The molecule has 0 spiro atoms. The van der Waals surface area contributed by atoms with E-state index in [1.54, 1.807) is 17.8 Å². The number of aryl methyl sites for hydroxylation is 2. The van der Waals surface area contributed by atoms with E-state index in [0.717, 1.165) is 16.1 Å². The lowest BCUT2D eigenvalue weighted by atomic mass is 10.2. The molecule has 0 bridgehead atoms. The molecule has 0 unspecified atom stereocenters. The van der Waals surface area contributed by atoms with E-state index in [4.69, 9.17) is 11.6 Å². The van der Waals surface area contributed by atoms with Gasteiger partial charge in [0.1, 0.15) is 0 Å². The first-order valence-electron chi connectivity index (χ1n) is 6.30. The molecule has 2 aromatic carbocycles. The minimum Gasteiger partial charge on any atom is -0.325 e. The second kappa shape index (κ2) is 6.82. The van der Waals surface area contributed by atoms with Gasteiger partial charge in [-0.1, -0.05) is 29.8 Å². The molecule has 0 saturated carbocycles. The largest absolute Gasteiger partial charge is 0.325 e. The van der Waals surface area contributed by atoms with Crippen LogP contribution in [0.2, 0.25) is 5.02 Å². The number of carbonyl (C=O) groups excluding carboxylic acids is 1. The van der Waals surface area contributed by atoms with Crippen molar-refractivity contribution in [3.05, 3.63) is 58.6 Å². The van der Waals surface area contributed by atoms with Crippen LogP contribution in [0.3, 0.4) is 0 Å². The molecular weight excluding hydrogens is 290 g/mol. The number of nitrogens with one attached hydrogen (secondary N) is 1. The summed E-state index contributed by atoms with van der Waals surface area (Å²) >= 11 is 7.44. The fourth-order valence-corrected chi connectivity index (χ4v) is 2.87. The number of rotatable bonds is 4. The van der Waals surface area contributed by atoms with Crippen LogP contribution in [0.1, 0.15) is 11.1 Å². The fourth-order valence-electron chi connectivity index (χ4n) is 1.82. The summed E-state index contributed by atoms with van der Waals surface area (Å²) < 4.78 is 0. The van der Waals surface area contributed by atoms with Gasteiger partial charge in [0.25, 0.3) is 0 Å². The summed E-state index contributed by atoms with van der Waals surface area (Å²) in [5.74, 6) is 0.385. The highest BCUT2D eigenvalue weighted by Crippen LogP contribution is 2.23. The smallest absolute Gasteiger partial charge is 0.234 e. The maximum absolute atomic E-state index is 12.0. The zero-order valence-electron chi connectivity index (χ0n) is 11.4. The maximum atomic E-state index is 12.0. The molecule has 0 radical (unpaired) electrons. The summed E-state index contributed by atoms with van der Waals surface area (Å²) in [5, 5.41) is 3.58. The molecule has 0 fully saturated rings. The van der Waals surface area contributed by atoms with E-state index in [0.29, 0.717) is 10.8 Å². The summed E-state index contributed by atoms with van der Waals surface area (Å²) in [6.45, 7) is 3.97. The second-order valence-corrected chi connectivity index (χ2v) is 6.02. The zero-order chi connectivity index (χ0) is 14.5. The lowest BCUT2D eigenvalue weighted by Crippen LogP contribution is -2.14. The van der Waals surface area contributed by atoms with Crippen molar-refractivity contribution in [3.63, 3.8) is 0 Å². The van der Waals surface area contributed by atoms with Gasteiger partial charge in [-0.05, 0) is 49.2 Å². The van der Waals surface area contributed by atoms with E-state index in [9.17, 15) is 4.79 Å². The van der Waals surface area contributed by atoms with Crippen molar-refractivity contribution in [2.75, 3.05) is 11.1 Å². The van der Waals surface area contributed by atoms with Crippen molar-refractivity contribution in [2.24, 2.45) is 0 Å². The van der Waals surface area contributed by atoms with E-state index in [-0.39, 0.29) is 5.91 Å². The molecule has 0 heterocycles. The van der Waals surface area contributed by atoms with Crippen LogP contribution in [-0.4, -0.2) is 11.7 Å². The lowest BCUT2D eigenvalue weighted by molar-refractivity contribution is -0.113. The van der Waals surface area contributed by atoms with Gasteiger partial charge < -0.3 is 5.32 Å². The van der Waals surface area contributed by atoms with E-state index in [2.05, 4.69) is 5.32 Å². The number of halogens is 1. The van der Waals surface area contributed by atoms with Crippen LogP contribution in [0.4, 0.5) is 5.69 Å². The normalized spacial score (nSPS) is 10.3. The first-order valence-corrected chi connectivity index (χ1v) is 7.67. The molecule has 0 aromatic heterocycles. The predicted molar refractivity (Wildman–Crippen MR) is 86.7 cm³/mol. The van der Waals surface area contributed by atoms with Gasteiger partial charge in [-0.25, -0.2) is 0 Å². The lowest BCUT2D eigenvalue weighted by Gasteiger charge is -2.09. The van der Waals surface area contributed by atoms with Crippen LogP contribution >= 0.6 is 23.4 Å². The zero-order valence-corrected chi connectivity index (χ0v) is 13.0. The minimum atomic E-state index is -0.0105. The Morgan fingerprint density at radius 2 is 1.90 bits per heavy atom. The molecule has 20 heavy (non-hydrogen) atoms. The van der Waals surface area contributed by atoms with Crippen molar-refractivity contribution in [3.8, 4) is 0 Å². The van der Waals surface area contributed by atoms with Crippen LogP contribution in [-0.2, 0) is 4.79 Å². The molecule has 0 aliphatic carbocycles. The summed E-state index contributed by atoms with van der Waals surface area (Å²) in [4.78, 5) is 13.1. The number of anilines is 1. The third kappa shape index (κ3) is 4.02. The van der Waals surface area contributed by atoms with Crippen molar-refractivity contribution >= 4 is 35.0 Å². The van der Waals surface area contributed by atoms with E-state index < -0.39 is 0 Å². The van der Waals surface area contributed by atoms with Gasteiger partial charge in [0.15, 0.2) is 0 Å². The summed E-state index contributed by atoms with van der Waals surface area (Å²) in [7, 11) is 0. The fraction of sp³-hybridized carbons (Fsp3) is 0.188. The van der Waals surface area contributed by atoms with Crippen LogP contribution in [0.15, 0.2) is 47.4 Å². The molecule has 1 amide bonds. The minimum absolute atomic E-state index is 0.0105. The summed E-state index contributed by atoms with van der Waals surface area (Å²) in [5.41, 5.74) is 2.96. The third-order valence-electron chi connectivity index (χ3n) is 2.91. The van der Waals surface area contributed by atoms with Gasteiger partial charge in [0, 0.05) is 15.6 Å². The summed E-state index contributed by atoms with van der Waals surface area (Å²) in [6.07, 6.45) is 0. The van der Waals surface area contributed by atoms with E-state index in [1.165, 1.54) is 5.56 Å². The SMILES string of the molecule is Cc1cc(Cl)ccc1NC(=O)CSc1ccccc1C. The van der Waals surface area contributed by atoms with Crippen LogP contribution in [0.5, 0.6) is 0 Å². The Bertz CT molecular complexity index is 628. The molecule has 2 aromatic rings. The number of carbonyl (C=O) groups is 1. The van der Waals surface area contributed by atoms with Crippen molar-refractivity contribution < 1.29 is 4.79 Å². The van der Waals surface area contributed by atoms with Crippen LogP contribution in [0.25, 0.3) is 0 Å². The molecule has 0 saturated heterocycles. The Hall–Kier alpha value is -1.45. The molecule has 0 atom stereocenters. The van der Waals surface area contributed by atoms with Crippen molar-refractivity contribution in [2.45, 2.75) is 18.7 Å². The Morgan fingerprint density at radius 1 is 1.15 bits per heavy atom. The quantitative estimate of drug-likeness (QED) is 0.830. The highest BCUT2D eigenvalue weighted by Gasteiger charge is 2.07. The second-order valence-electron chi connectivity index (χ2n) is 4.56. The third-order valence-corrected chi connectivity index (χ3v) is 4.33. The monoisotopic (exact) mass is 305 g/mol. The van der Waals surface area contributed by atoms with Gasteiger partial charge in [0.05, 0.1) is 5.75 Å². The molecule has 0 aliphatic rings. The first-order chi connectivity index (χ1) is 9.56. The van der Waals surface area contributed by atoms with Crippen molar-refractivity contribution in [1.29, 1.82) is 0 Å². The number of amides is 1. The predicted octanol–water partition coefficient (Wildman–Crippen LogP) is 4.69. The molecular formula is C16H16ClNOS. The van der Waals surface area contributed by atoms with Gasteiger partial charge in [0.2, 0.25) is 5.91 Å². The standard InChI is InChI=1S/C16H16ClNOS/c1-11-5-3-4-6-15(11)20-10-16(19)18-14-8-7-13(17)9-12(14)2/h3-9H,10H2,1-2H3,(H,18,19). The molecule has 0 aliphatic heterocycles. The highest BCUT2D eigenvalue weighted by molar-refractivity contribution is 8.00. The number of benzene rings is 2. The van der Waals surface area contributed by atoms with E-state index in [1.807, 2.05) is 50.2 Å². The average molecular weight is 306 g/mol. The highest BCUT2D eigenvalue weighted by atomic mass is 35.5. The number of thioether (sulfide) groups is 1. The van der Waals surface area contributed by atoms with Crippen LogP contribution in [0, 0.1) is 13.8 Å². The summed E-state index contributed by atoms with van der Waals surface area (Å²) in [6, 6.07) is 13.5. The Balaban J connectivity index is 1.94. The van der Waals surface area contributed by atoms with Gasteiger partial charge in [-0.3, -0.25) is 4.79 Å². The molecule has 1 N–H and O–H groups in total. The van der Waals surface area contributed by atoms with E-state index >= 15 is 0 Å². The van der Waals surface area contributed by atoms with Gasteiger partial charge >= 0.3 is 0 Å².